The average Bonchev–Trinajstić information content (AvgIpc) is 2.56. The van der Waals surface area contributed by atoms with Crippen molar-refractivity contribution >= 4 is 5.96 Å². The Hall–Kier alpha value is -1.55. The Balaban J connectivity index is 1.59. The van der Waals surface area contributed by atoms with Gasteiger partial charge in [-0.1, -0.05) is 25.1 Å². The molecular formula is C19H29N3O. The zero-order valence-corrected chi connectivity index (χ0v) is 14.6. The second-order valence-corrected chi connectivity index (χ2v) is 7.33. The van der Waals surface area contributed by atoms with Gasteiger partial charge >= 0.3 is 0 Å². The van der Waals surface area contributed by atoms with E-state index < -0.39 is 0 Å². The van der Waals surface area contributed by atoms with Gasteiger partial charge in [0.1, 0.15) is 0 Å². The van der Waals surface area contributed by atoms with E-state index in [1.54, 1.807) is 0 Å². The number of aliphatic imine (C=N–C) groups is 1. The standard InChI is InChI=1S/C19H29N3O/c1-14(16-9-8-15-6-4-5-7-17(15)10-16)22-18(20-3)21-11-19(2)12-23-13-19/h8-10,14H,4-7,11-13H2,1-3H3,(H2,20,21,22). The van der Waals surface area contributed by atoms with Gasteiger partial charge in [-0.15, -0.1) is 0 Å². The molecular weight excluding hydrogens is 286 g/mol. The zero-order valence-electron chi connectivity index (χ0n) is 14.6. The van der Waals surface area contributed by atoms with Gasteiger partial charge in [0.2, 0.25) is 0 Å². The van der Waals surface area contributed by atoms with Crippen LogP contribution in [-0.4, -0.2) is 32.8 Å². The lowest BCUT2D eigenvalue weighted by Crippen LogP contribution is -2.51. The summed E-state index contributed by atoms with van der Waals surface area (Å²) in [5, 5.41) is 6.94. The number of guanidine groups is 1. The van der Waals surface area contributed by atoms with Crippen molar-refractivity contribution in [3.8, 4) is 0 Å². The van der Waals surface area contributed by atoms with Crippen LogP contribution in [0, 0.1) is 5.41 Å². The van der Waals surface area contributed by atoms with Gasteiger partial charge in [-0.05, 0) is 49.3 Å². The number of aryl methyl sites for hydroxylation is 2. The molecule has 1 unspecified atom stereocenters. The van der Waals surface area contributed by atoms with E-state index in [2.05, 4.69) is 47.7 Å². The number of benzene rings is 1. The Bertz CT molecular complexity index is 578. The van der Waals surface area contributed by atoms with Gasteiger partial charge in [0, 0.05) is 19.0 Å². The van der Waals surface area contributed by atoms with Gasteiger partial charge in [0.05, 0.1) is 19.3 Å². The second-order valence-electron chi connectivity index (χ2n) is 7.33. The summed E-state index contributed by atoms with van der Waals surface area (Å²) in [6.45, 7) is 6.99. The number of nitrogens with one attached hydrogen (secondary N) is 2. The molecule has 0 radical (unpaired) electrons. The third-order valence-electron chi connectivity index (χ3n) is 5.03. The first-order chi connectivity index (χ1) is 11.1. The fourth-order valence-corrected chi connectivity index (χ4v) is 3.36. The quantitative estimate of drug-likeness (QED) is 0.663. The monoisotopic (exact) mass is 315 g/mol. The molecule has 0 aromatic heterocycles. The van der Waals surface area contributed by atoms with Crippen LogP contribution in [0.4, 0.5) is 0 Å². The van der Waals surface area contributed by atoms with Crippen LogP contribution in [0.3, 0.4) is 0 Å². The van der Waals surface area contributed by atoms with E-state index in [4.69, 9.17) is 4.74 Å². The predicted molar refractivity (Wildman–Crippen MR) is 94.9 cm³/mol. The van der Waals surface area contributed by atoms with E-state index >= 15 is 0 Å². The van der Waals surface area contributed by atoms with Crippen molar-refractivity contribution in [3.05, 3.63) is 34.9 Å². The molecule has 1 aliphatic heterocycles. The van der Waals surface area contributed by atoms with E-state index in [9.17, 15) is 0 Å². The minimum atomic E-state index is 0.243. The highest BCUT2D eigenvalue weighted by atomic mass is 16.5. The van der Waals surface area contributed by atoms with E-state index in [1.165, 1.54) is 42.4 Å². The third kappa shape index (κ3) is 3.86. The Morgan fingerprint density at radius 3 is 2.65 bits per heavy atom. The van der Waals surface area contributed by atoms with E-state index in [0.717, 1.165) is 25.7 Å². The highest BCUT2D eigenvalue weighted by Gasteiger charge is 2.33. The van der Waals surface area contributed by atoms with Crippen molar-refractivity contribution in [2.45, 2.75) is 45.6 Å². The maximum atomic E-state index is 5.31. The molecule has 1 aromatic rings. The molecule has 1 aliphatic carbocycles. The lowest BCUT2D eigenvalue weighted by molar-refractivity contribution is -0.0971. The molecule has 4 heteroatoms. The van der Waals surface area contributed by atoms with Crippen LogP contribution in [0.5, 0.6) is 0 Å². The first-order valence-electron chi connectivity index (χ1n) is 8.76. The Morgan fingerprint density at radius 1 is 1.26 bits per heavy atom. The fourth-order valence-electron chi connectivity index (χ4n) is 3.36. The maximum Gasteiger partial charge on any atom is 0.191 e. The summed E-state index contributed by atoms with van der Waals surface area (Å²) in [7, 11) is 1.83. The molecule has 1 heterocycles. The van der Waals surface area contributed by atoms with Crippen molar-refractivity contribution < 1.29 is 4.74 Å². The molecule has 1 aromatic carbocycles. The van der Waals surface area contributed by atoms with Crippen LogP contribution in [0.1, 0.15) is 49.4 Å². The lowest BCUT2D eigenvalue weighted by Gasteiger charge is -2.38. The Morgan fingerprint density at radius 2 is 2.00 bits per heavy atom. The molecule has 126 valence electrons. The molecule has 0 saturated carbocycles. The molecule has 4 nitrogen and oxygen atoms in total. The molecule has 2 N–H and O–H groups in total. The van der Waals surface area contributed by atoms with Crippen LogP contribution in [0.25, 0.3) is 0 Å². The van der Waals surface area contributed by atoms with Crippen LogP contribution in [0.2, 0.25) is 0 Å². The number of hydrogen-bond acceptors (Lipinski definition) is 2. The van der Waals surface area contributed by atoms with E-state index in [0.29, 0.717) is 0 Å². The highest BCUT2D eigenvalue weighted by molar-refractivity contribution is 5.80. The fraction of sp³-hybridized carbons (Fsp3) is 0.632. The molecule has 0 spiro atoms. The van der Waals surface area contributed by atoms with Crippen molar-refractivity contribution in [2.24, 2.45) is 10.4 Å². The van der Waals surface area contributed by atoms with Crippen molar-refractivity contribution in [1.29, 1.82) is 0 Å². The molecule has 0 bridgehead atoms. The van der Waals surface area contributed by atoms with Crippen LogP contribution >= 0.6 is 0 Å². The van der Waals surface area contributed by atoms with E-state index in [-0.39, 0.29) is 11.5 Å². The predicted octanol–water partition coefficient (Wildman–Crippen LogP) is 2.83. The smallest absolute Gasteiger partial charge is 0.191 e. The Labute approximate surface area is 139 Å². The lowest BCUT2D eigenvalue weighted by atomic mass is 9.89. The number of ether oxygens (including phenoxy) is 1. The molecule has 23 heavy (non-hydrogen) atoms. The van der Waals surface area contributed by atoms with Crippen LogP contribution in [0.15, 0.2) is 23.2 Å². The maximum absolute atomic E-state index is 5.31. The summed E-state index contributed by atoms with van der Waals surface area (Å²) in [4.78, 5) is 4.36. The molecule has 2 aliphatic rings. The largest absolute Gasteiger partial charge is 0.380 e. The SMILES string of the molecule is CN=C(NCC1(C)COC1)NC(C)c1ccc2c(c1)CCCC2. The first kappa shape index (κ1) is 16.3. The summed E-state index contributed by atoms with van der Waals surface area (Å²) in [6.07, 6.45) is 5.11. The second kappa shape index (κ2) is 6.91. The van der Waals surface area contributed by atoms with Gasteiger partial charge in [0.25, 0.3) is 0 Å². The van der Waals surface area contributed by atoms with Crippen LogP contribution in [-0.2, 0) is 17.6 Å². The zero-order chi connectivity index (χ0) is 16.3. The number of nitrogens with zero attached hydrogens (tertiary/aromatic N) is 1. The summed E-state index contributed by atoms with van der Waals surface area (Å²) in [5.41, 5.74) is 4.65. The minimum Gasteiger partial charge on any atom is -0.380 e. The molecule has 1 fully saturated rings. The summed E-state index contributed by atoms with van der Waals surface area (Å²) in [6, 6.07) is 7.20. The topological polar surface area (TPSA) is 45.7 Å². The van der Waals surface area contributed by atoms with Gasteiger partial charge in [-0.3, -0.25) is 4.99 Å². The minimum absolute atomic E-state index is 0.243. The molecule has 0 amide bonds. The van der Waals surface area contributed by atoms with Crippen molar-refractivity contribution in [2.75, 3.05) is 26.8 Å². The number of rotatable bonds is 4. The van der Waals surface area contributed by atoms with E-state index in [1.807, 2.05) is 7.05 Å². The van der Waals surface area contributed by atoms with Gasteiger partial charge in [-0.2, -0.15) is 0 Å². The highest BCUT2D eigenvalue weighted by Crippen LogP contribution is 2.26. The Kier molecular flexibility index (Phi) is 4.90. The van der Waals surface area contributed by atoms with Gasteiger partial charge in [-0.25, -0.2) is 0 Å². The van der Waals surface area contributed by atoms with Gasteiger partial charge < -0.3 is 15.4 Å². The third-order valence-corrected chi connectivity index (χ3v) is 5.03. The number of fused-ring (bicyclic) bond motifs is 1. The molecule has 1 atom stereocenters. The summed E-state index contributed by atoms with van der Waals surface area (Å²) >= 11 is 0. The normalized spacial score (nSPS) is 21.1. The molecule has 1 saturated heterocycles. The van der Waals surface area contributed by atoms with Crippen molar-refractivity contribution in [1.82, 2.24) is 10.6 Å². The number of hydrogen-bond donors (Lipinski definition) is 2. The van der Waals surface area contributed by atoms with Crippen molar-refractivity contribution in [3.63, 3.8) is 0 Å². The van der Waals surface area contributed by atoms with Gasteiger partial charge in [0.15, 0.2) is 5.96 Å². The summed E-state index contributed by atoms with van der Waals surface area (Å²) in [5.74, 6) is 0.864. The average molecular weight is 315 g/mol. The molecule has 3 rings (SSSR count). The summed E-state index contributed by atoms with van der Waals surface area (Å²) < 4.78 is 5.31. The van der Waals surface area contributed by atoms with Crippen LogP contribution < -0.4 is 10.6 Å². The first-order valence-corrected chi connectivity index (χ1v) is 8.76.